The van der Waals surface area contributed by atoms with Crippen LogP contribution in [0.2, 0.25) is 0 Å². The highest BCUT2D eigenvalue weighted by atomic mass is 32.2. The van der Waals surface area contributed by atoms with Crippen molar-refractivity contribution in [2.75, 3.05) is 23.7 Å². The van der Waals surface area contributed by atoms with Crippen molar-refractivity contribution in [1.82, 2.24) is 0 Å². The predicted molar refractivity (Wildman–Crippen MR) is 87.6 cm³/mol. The second kappa shape index (κ2) is 6.37. The van der Waals surface area contributed by atoms with Gasteiger partial charge in [-0.05, 0) is 38.7 Å². The van der Waals surface area contributed by atoms with Gasteiger partial charge in [-0.1, -0.05) is 13.0 Å². The van der Waals surface area contributed by atoms with E-state index < -0.39 is 0 Å². The van der Waals surface area contributed by atoms with E-state index in [9.17, 15) is 0 Å². The number of rotatable bonds is 4. The van der Waals surface area contributed by atoms with E-state index in [4.69, 9.17) is 10.5 Å². The standard InChI is InChI=1S/C16H26N2OS/c1-5-20-15-8-6-7-14(13(15)9-17)18-10-12(2)19-16(3,4)11-18/h6-8,12H,5,9-11,17H2,1-4H3. The molecule has 0 aliphatic carbocycles. The van der Waals surface area contributed by atoms with Gasteiger partial charge in [0.15, 0.2) is 0 Å². The zero-order valence-corrected chi connectivity index (χ0v) is 13.8. The first kappa shape index (κ1) is 15.7. The van der Waals surface area contributed by atoms with E-state index in [0.717, 1.165) is 18.8 Å². The summed E-state index contributed by atoms with van der Waals surface area (Å²) in [7, 11) is 0. The maximum atomic E-state index is 6.02. The van der Waals surface area contributed by atoms with Crippen molar-refractivity contribution >= 4 is 17.4 Å². The molecule has 1 unspecified atom stereocenters. The van der Waals surface area contributed by atoms with Crippen molar-refractivity contribution in [2.45, 2.75) is 50.8 Å². The molecular formula is C16H26N2OS. The van der Waals surface area contributed by atoms with Crippen molar-refractivity contribution in [3.05, 3.63) is 23.8 Å². The summed E-state index contributed by atoms with van der Waals surface area (Å²) >= 11 is 1.87. The third-order valence-corrected chi connectivity index (χ3v) is 4.50. The Kier molecular flexibility index (Phi) is 4.99. The highest BCUT2D eigenvalue weighted by molar-refractivity contribution is 7.99. The fourth-order valence-corrected chi connectivity index (χ4v) is 3.83. The largest absolute Gasteiger partial charge is 0.369 e. The van der Waals surface area contributed by atoms with Crippen molar-refractivity contribution in [3.63, 3.8) is 0 Å². The molecule has 1 saturated heterocycles. The van der Waals surface area contributed by atoms with Crippen LogP contribution in [-0.2, 0) is 11.3 Å². The Bertz CT molecular complexity index is 462. The molecule has 0 bridgehead atoms. The smallest absolute Gasteiger partial charge is 0.0805 e. The lowest BCUT2D eigenvalue weighted by molar-refractivity contribution is -0.0750. The summed E-state index contributed by atoms with van der Waals surface area (Å²) in [6, 6.07) is 6.50. The number of hydrogen-bond acceptors (Lipinski definition) is 4. The lowest BCUT2D eigenvalue weighted by atomic mass is 10.0. The summed E-state index contributed by atoms with van der Waals surface area (Å²) in [5.74, 6) is 1.07. The highest BCUT2D eigenvalue weighted by Gasteiger charge is 2.32. The summed E-state index contributed by atoms with van der Waals surface area (Å²) < 4.78 is 6.00. The van der Waals surface area contributed by atoms with Crippen molar-refractivity contribution < 1.29 is 4.74 Å². The number of nitrogens with two attached hydrogens (primary N) is 1. The van der Waals surface area contributed by atoms with Crippen LogP contribution in [0.1, 0.15) is 33.3 Å². The SMILES string of the molecule is CCSc1cccc(N2CC(C)OC(C)(C)C2)c1CN. The first-order chi connectivity index (χ1) is 9.46. The molecule has 0 radical (unpaired) electrons. The van der Waals surface area contributed by atoms with Gasteiger partial charge < -0.3 is 15.4 Å². The monoisotopic (exact) mass is 294 g/mol. The van der Waals surface area contributed by atoms with E-state index >= 15 is 0 Å². The van der Waals surface area contributed by atoms with Gasteiger partial charge in [0.1, 0.15) is 0 Å². The van der Waals surface area contributed by atoms with Gasteiger partial charge in [0.25, 0.3) is 0 Å². The van der Waals surface area contributed by atoms with Gasteiger partial charge in [0.2, 0.25) is 0 Å². The van der Waals surface area contributed by atoms with Crippen LogP contribution in [0.5, 0.6) is 0 Å². The molecule has 1 atom stereocenters. The van der Waals surface area contributed by atoms with E-state index in [1.807, 2.05) is 11.8 Å². The van der Waals surface area contributed by atoms with Gasteiger partial charge in [0, 0.05) is 35.8 Å². The van der Waals surface area contributed by atoms with Gasteiger partial charge >= 0.3 is 0 Å². The van der Waals surface area contributed by atoms with Gasteiger partial charge in [0.05, 0.1) is 11.7 Å². The van der Waals surface area contributed by atoms with Crippen LogP contribution >= 0.6 is 11.8 Å². The molecule has 112 valence electrons. The zero-order valence-electron chi connectivity index (χ0n) is 13.0. The van der Waals surface area contributed by atoms with Crippen LogP contribution in [-0.4, -0.2) is 30.5 Å². The molecular weight excluding hydrogens is 268 g/mol. The second-order valence-electron chi connectivity index (χ2n) is 5.96. The van der Waals surface area contributed by atoms with Crippen LogP contribution in [0.25, 0.3) is 0 Å². The third-order valence-electron chi connectivity index (χ3n) is 3.52. The summed E-state index contributed by atoms with van der Waals surface area (Å²) in [6.45, 7) is 11.1. The molecule has 1 heterocycles. The van der Waals surface area contributed by atoms with E-state index in [0.29, 0.717) is 6.54 Å². The number of nitrogens with zero attached hydrogens (tertiary/aromatic N) is 1. The minimum absolute atomic E-state index is 0.114. The molecule has 1 fully saturated rings. The molecule has 3 nitrogen and oxygen atoms in total. The van der Waals surface area contributed by atoms with Crippen LogP contribution in [0, 0.1) is 0 Å². The molecule has 4 heteroatoms. The maximum absolute atomic E-state index is 6.02. The Morgan fingerprint density at radius 3 is 2.80 bits per heavy atom. The Hall–Kier alpha value is -0.710. The lowest BCUT2D eigenvalue weighted by Crippen LogP contribution is -2.52. The Morgan fingerprint density at radius 1 is 1.45 bits per heavy atom. The number of anilines is 1. The summed E-state index contributed by atoms with van der Waals surface area (Å²) in [5, 5.41) is 0. The van der Waals surface area contributed by atoms with Crippen LogP contribution in [0.4, 0.5) is 5.69 Å². The number of morpholine rings is 1. The predicted octanol–water partition coefficient (Wildman–Crippen LogP) is 3.26. The minimum atomic E-state index is -0.114. The molecule has 1 aliphatic heterocycles. The van der Waals surface area contributed by atoms with Gasteiger partial charge in [-0.15, -0.1) is 11.8 Å². The molecule has 1 aromatic carbocycles. The highest BCUT2D eigenvalue weighted by Crippen LogP contribution is 2.33. The van der Waals surface area contributed by atoms with Crippen molar-refractivity contribution in [3.8, 4) is 0 Å². The minimum Gasteiger partial charge on any atom is -0.369 e. The molecule has 0 amide bonds. The molecule has 2 N–H and O–H groups in total. The molecule has 1 aromatic rings. The van der Waals surface area contributed by atoms with E-state index in [1.54, 1.807) is 0 Å². The number of thioether (sulfide) groups is 1. The summed E-state index contributed by atoms with van der Waals surface area (Å²) in [4.78, 5) is 3.74. The van der Waals surface area contributed by atoms with Crippen LogP contribution < -0.4 is 10.6 Å². The summed E-state index contributed by atoms with van der Waals surface area (Å²) in [6.07, 6.45) is 0.242. The Balaban J connectivity index is 2.34. The molecule has 1 aliphatic rings. The molecule has 2 rings (SSSR count). The Labute approximate surface area is 126 Å². The fourth-order valence-electron chi connectivity index (χ4n) is 2.98. The Morgan fingerprint density at radius 2 is 2.20 bits per heavy atom. The van der Waals surface area contributed by atoms with Crippen molar-refractivity contribution in [2.24, 2.45) is 5.73 Å². The zero-order chi connectivity index (χ0) is 14.8. The summed E-state index contributed by atoms with van der Waals surface area (Å²) in [5.41, 5.74) is 8.45. The fraction of sp³-hybridized carbons (Fsp3) is 0.625. The number of hydrogen-bond donors (Lipinski definition) is 1. The molecule has 20 heavy (non-hydrogen) atoms. The molecule has 0 saturated carbocycles. The molecule has 0 spiro atoms. The average molecular weight is 294 g/mol. The number of benzene rings is 1. The average Bonchev–Trinajstić information content (AvgIpc) is 2.36. The topological polar surface area (TPSA) is 38.5 Å². The van der Waals surface area contributed by atoms with Crippen molar-refractivity contribution in [1.29, 1.82) is 0 Å². The van der Waals surface area contributed by atoms with Crippen LogP contribution in [0.3, 0.4) is 0 Å². The number of ether oxygens (including phenoxy) is 1. The normalized spacial score (nSPS) is 22.1. The van der Waals surface area contributed by atoms with E-state index in [1.165, 1.54) is 16.1 Å². The van der Waals surface area contributed by atoms with Crippen LogP contribution in [0.15, 0.2) is 23.1 Å². The molecule has 0 aromatic heterocycles. The van der Waals surface area contributed by atoms with E-state index in [-0.39, 0.29) is 11.7 Å². The van der Waals surface area contributed by atoms with Gasteiger partial charge in [-0.25, -0.2) is 0 Å². The first-order valence-electron chi connectivity index (χ1n) is 7.34. The lowest BCUT2D eigenvalue weighted by Gasteiger charge is -2.43. The second-order valence-corrected chi connectivity index (χ2v) is 7.27. The maximum Gasteiger partial charge on any atom is 0.0805 e. The first-order valence-corrected chi connectivity index (χ1v) is 8.33. The van der Waals surface area contributed by atoms with E-state index in [2.05, 4.69) is 50.8 Å². The van der Waals surface area contributed by atoms with Gasteiger partial charge in [-0.2, -0.15) is 0 Å². The third kappa shape index (κ3) is 3.48. The quantitative estimate of drug-likeness (QED) is 0.865. The van der Waals surface area contributed by atoms with Gasteiger partial charge in [-0.3, -0.25) is 0 Å².